The molecule has 25 heavy (non-hydrogen) atoms. The van der Waals surface area contributed by atoms with E-state index in [4.69, 9.17) is 15.5 Å². The van der Waals surface area contributed by atoms with Gasteiger partial charge in [-0.2, -0.15) is 5.26 Å². The number of nitriles is 1. The first-order valence-corrected chi connectivity index (χ1v) is 9.81. The van der Waals surface area contributed by atoms with Gasteiger partial charge in [-0.1, -0.05) is 13.3 Å². The Kier molecular flexibility index (Phi) is 3.77. The minimum Gasteiger partial charge on any atom is -0.439 e. The van der Waals surface area contributed by atoms with Crippen LogP contribution in [-0.2, 0) is 5.41 Å². The van der Waals surface area contributed by atoms with Gasteiger partial charge in [-0.05, 0) is 57.1 Å². The molecule has 1 saturated carbocycles. The van der Waals surface area contributed by atoms with Gasteiger partial charge in [0.2, 0.25) is 5.88 Å². The van der Waals surface area contributed by atoms with Crippen LogP contribution in [0.4, 0.5) is 0 Å². The zero-order valence-corrected chi connectivity index (χ0v) is 15.8. The zero-order chi connectivity index (χ0) is 17.8. The maximum Gasteiger partial charge on any atom is 0.205 e. The van der Waals surface area contributed by atoms with Gasteiger partial charge in [0.15, 0.2) is 5.75 Å². The van der Waals surface area contributed by atoms with Crippen molar-refractivity contribution in [2.45, 2.75) is 58.3 Å². The molecule has 2 N–H and O–H groups in total. The van der Waals surface area contributed by atoms with E-state index in [0.717, 1.165) is 63.7 Å². The van der Waals surface area contributed by atoms with Crippen molar-refractivity contribution in [3.63, 3.8) is 0 Å². The smallest absolute Gasteiger partial charge is 0.205 e. The van der Waals surface area contributed by atoms with Crippen LogP contribution in [-0.4, -0.2) is 4.98 Å². The number of pyridine rings is 1. The summed E-state index contributed by atoms with van der Waals surface area (Å²) in [5.41, 5.74) is 8.73. The Morgan fingerprint density at radius 2 is 2.12 bits per heavy atom. The maximum atomic E-state index is 9.82. The lowest BCUT2D eigenvalue weighted by Crippen LogP contribution is -2.38. The van der Waals surface area contributed by atoms with Crippen molar-refractivity contribution in [1.82, 2.24) is 4.98 Å². The van der Waals surface area contributed by atoms with Crippen LogP contribution in [0.1, 0.15) is 55.2 Å². The molecule has 2 aromatic rings. The second kappa shape index (κ2) is 5.74. The summed E-state index contributed by atoms with van der Waals surface area (Å²) in [6.45, 7) is 6.36. The lowest BCUT2D eigenvalue weighted by molar-refractivity contribution is 0.241. The third kappa shape index (κ3) is 2.27. The molecule has 0 bridgehead atoms. The summed E-state index contributed by atoms with van der Waals surface area (Å²) in [6, 6.07) is 4.46. The monoisotopic (exact) mass is 353 g/mol. The standard InChI is InChI=1S/C20H23N3OS/c1-4-13-5-7-20(8-6-13)14(10-21)18(22)24-16-15-11(2)9-12(3)23-19(15)25-17(16)20/h9,13H,4-8,22H2,1-3H3. The Hall–Kier alpha value is -2.06. The van der Waals surface area contributed by atoms with Gasteiger partial charge in [0.25, 0.3) is 0 Å². The van der Waals surface area contributed by atoms with E-state index in [1.807, 2.05) is 6.92 Å². The molecule has 5 heteroatoms. The summed E-state index contributed by atoms with van der Waals surface area (Å²) in [6.07, 6.45) is 5.40. The lowest BCUT2D eigenvalue weighted by atomic mass is 9.64. The van der Waals surface area contributed by atoms with Crippen molar-refractivity contribution in [3.05, 3.63) is 33.7 Å². The van der Waals surface area contributed by atoms with E-state index in [0.29, 0.717) is 5.57 Å². The van der Waals surface area contributed by atoms with E-state index in [2.05, 4.69) is 26.0 Å². The number of rotatable bonds is 1. The van der Waals surface area contributed by atoms with Crippen molar-refractivity contribution in [2.75, 3.05) is 0 Å². The minimum atomic E-state index is -0.288. The molecule has 1 spiro atoms. The molecule has 0 atom stereocenters. The van der Waals surface area contributed by atoms with Crippen LogP contribution in [0.25, 0.3) is 10.2 Å². The molecule has 3 heterocycles. The molecular weight excluding hydrogens is 330 g/mol. The van der Waals surface area contributed by atoms with Crippen molar-refractivity contribution >= 4 is 21.6 Å². The number of aryl methyl sites for hydroxylation is 2. The molecule has 0 amide bonds. The Balaban J connectivity index is 1.96. The lowest BCUT2D eigenvalue weighted by Gasteiger charge is -2.41. The summed E-state index contributed by atoms with van der Waals surface area (Å²) in [4.78, 5) is 6.87. The summed E-state index contributed by atoms with van der Waals surface area (Å²) in [5.74, 6) is 1.87. The molecule has 1 aliphatic carbocycles. The number of hydrogen-bond acceptors (Lipinski definition) is 5. The van der Waals surface area contributed by atoms with E-state index < -0.39 is 0 Å². The van der Waals surface area contributed by atoms with Crippen LogP contribution in [0.15, 0.2) is 17.5 Å². The average Bonchev–Trinajstić information content (AvgIpc) is 2.95. The number of aromatic nitrogens is 1. The molecule has 2 aliphatic rings. The van der Waals surface area contributed by atoms with Gasteiger partial charge in [-0.25, -0.2) is 4.98 Å². The largest absolute Gasteiger partial charge is 0.439 e. The van der Waals surface area contributed by atoms with Crippen molar-refractivity contribution in [1.29, 1.82) is 5.26 Å². The molecule has 2 aromatic heterocycles. The number of fused-ring (bicyclic) bond motifs is 4. The van der Waals surface area contributed by atoms with Crippen molar-refractivity contribution in [2.24, 2.45) is 11.7 Å². The maximum absolute atomic E-state index is 9.82. The summed E-state index contributed by atoms with van der Waals surface area (Å²) in [5, 5.41) is 10.9. The molecule has 4 nitrogen and oxygen atoms in total. The van der Waals surface area contributed by atoms with E-state index in [9.17, 15) is 5.26 Å². The first-order chi connectivity index (χ1) is 12.0. The van der Waals surface area contributed by atoms with Crippen LogP contribution < -0.4 is 10.5 Å². The van der Waals surface area contributed by atoms with Crippen LogP contribution in [0.3, 0.4) is 0 Å². The van der Waals surface area contributed by atoms with Crippen LogP contribution in [0.5, 0.6) is 5.75 Å². The fraction of sp³-hybridized carbons (Fsp3) is 0.500. The molecule has 130 valence electrons. The van der Waals surface area contributed by atoms with Gasteiger partial charge in [0, 0.05) is 11.1 Å². The van der Waals surface area contributed by atoms with E-state index in [-0.39, 0.29) is 11.3 Å². The molecule has 0 radical (unpaired) electrons. The summed E-state index contributed by atoms with van der Waals surface area (Å²) < 4.78 is 6.00. The molecule has 4 rings (SSSR count). The van der Waals surface area contributed by atoms with Crippen LogP contribution in [0, 0.1) is 31.1 Å². The van der Waals surface area contributed by atoms with E-state index in [1.54, 1.807) is 11.3 Å². The normalized spacial score (nSPS) is 25.8. The van der Waals surface area contributed by atoms with Crippen molar-refractivity contribution < 1.29 is 4.74 Å². The van der Waals surface area contributed by atoms with Gasteiger partial charge in [-0.15, -0.1) is 11.3 Å². The predicted octanol–water partition coefficient (Wildman–Crippen LogP) is 4.84. The minimum absolute atomic E-state index is 0.282. The zero-order valence-electron chi connectivity index (χ0n) is 15.0. The number of ether oxygens (including phenoxy) is 1. The van der Waals surface area contributed by atoms with Gasteiger partial charge in [-0.3, -0.25) is 0 Å². The van der Waals surface area contributed by atoms with Crippen LogP contribution in [0.2, 0.25) is 0 Å². The average molecular weight is 353 g/mol. The number of thiophene rings is 1. The van der Waals surface area contributed by atoms with Gasteiger partial charge < -0.3 is 10.5 Å². The van der Waals surface area contributed by atoms with Gasteiger partial charge in [0.1, 0.15) is 16.5 Å². The second-order valence-electron chi connectivity index (χ2n) is 7.41. The quantitative estimate of drug-likeness (QED) is 0.796. The van der Waals surface area contributed by atoms with Crippen molar-refractivity contribution in [3.8, 4) is 11.8 Å². The van der Waals surface area contributed by atoms with Crippen LogP contribution >= 0.6 is 11.3 Å². The topological polar surface area (TPSA) is 71.9 Å². The molecule has 0 unspecified atom stereocenters. The molecule has 0 aromatic carbocycles. The number of nitrogens with two attached hydrogens (primary N) is 1. The molecule has 1 aliphatic heterocycles. The summed E-state index contributed by atoms with van der Waals surface area (Å²) in [7, 11) is 0. The number of nitrogens with zero attached hydrogens (tertiary/aromatic N) is 2. The highest BCUT2D eigenvalue weighted by Crippen LogP contribution is 2.57. The first kappa shape index (κ1) is 16.4. The fourth-order valence-corrected chi connectivity index (χ4v) is 6.03. The first-order valence-electron chi connectivity index (χ1n) is 8.99. The third-order valence-electron chi connectivity index (χ3n) is 5.96. The molecular formula is C20H23N3OS. The Labute approximate surface area is 152 Å². The SMILES string of the molecule is CCC1CCC2(CC1)C(C#N)=C(N)Oc1c2sc2nc(C)cc(C)c12. The number of allylic oxidation sites excluding steroid dienone is 1. The van der Waals surface area contributed by atoms with E-state index in [1.165, 1.54) is 6.42 Å². The van der Waals surface area contributed by atoms with Gasteiger partial charge >= 0.3 is 0 Å². The highest BCUT2D eigenvalue weighted by Gasteiger charge is 2.48. The summed E-state index contributed by atoms with van der Waals surface area (Å²) >= 11 is 1.69. The Morgan fingerprint density at radius 3 is 2.76 bits per heavy atom. The fourth-order valence-electron chi connectivity index (χ4n) is 4.55. The van der Waals surface area contributed by atoms with E-state index >= 15 is 0 Å². The second-order valence-corrected chi connectivity index (χ2v) is 8.41. The number of hydrogen-bond donors (Lipinski definition) is 1. The predicted molar refractivity (Wildman–Crippen MR) is 100 cm³/mol. The molecule has 0 saturated heterocycles. The highest BCUT2D eigenvalue weighted by molar-refractivity contribution is 7.19. The highest BCUT2D eigenvalue weighted by atomic mass is 32.1. The molecule has 1 fully saturated rings. The van der Waals surface area contributed by atoms with Gasteiger partial charge in [0.05, 0.1) is 10.3 Å². The third-order valence-corrected chi connectivity index (χ3v) is 7.23. The Bertz CT molecular complexity index is 927. The Morgan fingerprint density at radius 1 is 1.40 bits per heavy atom.